The van der Waals surface area contributed by atoms with Crippen LogP contribution in [-0.4, -0.2) is 71.4 Å². The number of piperidine rings is 1. The number of hydrogen-bond donors (Lipinski definition) is 1. The number of esters is 1. The molecule has 1 N–H and O–H groups in total. The van der Waals surface area contributed by atoms with Crippen molar-refractivity contribution in [1.29, 1.82) is 0 Å². The fraction of sp³-hybridized carbons (Fsp3) is 0.850. The highest BCUT2D eigenvalue weighted by Crippen LogP contribution is 2.20. The van der Waals surface area contributed by atoms with Crippen LogP contribution in [0.25, 0.3) is 0 Å². The highest BCUT2D eigenvalue weighted by atomic mass is 16.6. The van der Waals surface area contributed by atoms with Crippen molar-refractivity contribution < 1.29 is 19.1 Å². The predicted molar refractivity (Wildman–Crippen MR) is 105 cm³/mol. The van der Waals surface area contributed by atoms with Gasteiger partial charge in [-0.05, 0) is 53.4 Å². The van der Waals surface area contributed by atoms with Crippen LogP contribution in [0.2, 0.25) is 0 Å². The predicted octanol–water partition coefficient (Wildman–Crippen LogP) is 1.95. The smallest absolute Gasteiger partial charge is 0.323 e. The molecule has 156 valence electrons. The maximum Gasteiger partial charge on any atom is 0.323 e. The van der Waals surface area contributed by atoms with Crippen molar-refractivity contribution >= 4 is 17.8 Å². The summed E-state index contributed by atoms with van der Waals surface area (Å²) in [6, 6.07) is -0.285. The molecule has 1 rings (SSSR count). The summed E-state index contributed by atoms with van der Waals surface area (Å²) in [6.45, 7) is 12.5. The van der Waals surface area contributed by atoms with E-state index in [1.54, 1.807) is 11.8 Å². The van der Waals surface area contributed by atoms with E-state index >= 15 is 0 Å². The van der Waals surface area contributed by atoms with Crippen LogP contribution in [0.3, 0.4) is 0 Å². The molecule has 0 aromatic rings. The van der Waals surface area contributed by atoms with E-state index in [4.69, 9.17) is 4.74 Å². The summed E-state index contributed by atoms with van der Waals surface area (Å²) < 4.78 is 5.48. The van der Waals surface area contributed by atoms with Crippen molar-refractivity contribution in [3.8, 4) is 0 Å². The minimum absolute atomic E-state index is 0.0415. The van der Waals surface area contributed by atoms with E-state index in [2.05, 4.69) is 12.2 Å². The van der Waals surface area contributed by atoms with Gasteiger partial charge in [0.1, 0.15) is 11.6 Å². The zero-order chi connectivity index (χ0) is 20.6. The lowest BCUT2D eigenvalue weighted by Crippen LogP contribution is -2.52. The van der Waals surface area contributed by atoms with Gasteiger partial charge in [0.25, 0.3) is 0 Å². The molecule has 27 heavy (non-hydrogen) atoms. The van der Waals surface area contributed by atoms with E-state index < -0.39 is 11.6 Å². The highest BCUT2D eigenvalue weighted by molar-refractivity contribution is 5.81. The fourth-order valence-corrected chi connectivity index (χ4v) is 3.34. The Morgan fingerprint density at radius 1 is 1.26 bits per heavy atom. The summed E-state index contributed by atoms with van der Waals surface area (Å²) >= 11 is 0. The van der Waals surface area contributed by atoms with E-state index in [1.807, 2.05) is 25.7 Å². The number of amides is 2. The molecule has 0 unspecified atom stereocenters. The molecule has 1 saturated heterocycles. The van der Waals surface area contributed by atoms with Gasteiger partial charge in [0, 0.05) is 32.6 Å². The van der Waals surface area contributed by atoms with E-state index in [9.17, 15) is 14.4 Å². The standard InChI is InChI=1S/C20H37N3O4/c1-7-17-10-8-9-12-23(17)18(25)14-22(13-11-21-16(3)24)15(2)19(26)27-20(4,5)6/h15,17H,7-14H2,1-6H3,(H,21,24)/t15-,17-/m0/s1. The Labute approximate surface area is 163 Å². The molecule has 0 aliphatic carbocycles. The van der Waals surface area contributed by atoms with Crippen LogP contribution in [0.4, 0.5) is 0 Å². The molecule has 1 fully saturated rings. The van der Waals surface area contributed by atoms with Crippen LogP contribution < -0.4 is 5.32 Å². The van der Waals surface area contributed by atoms with E-state index in [-0.39, 0.29) is 30.4 Å². The lowest BCUT2D eigenvalue weighted by molar-refractivity contribution is -0.161. The third-order valence-corrected chi connectivity index (χ3v) is 4.83. The Morgan fingerprint density at radius 2 is 1.93 bits per heavy atom. The van der Waals surface area contributed by atoms with Crippen molar-refractivity contribution in [1.82, 2.24) is 15.1 Å². The number of rotatable bonds is 8. The van der Waals surface area contributed by atoms with Crippen molar-refractivity contribution in [3.05, 3.63) is 0 Å². The number of likely N-dealkylation sites (tertiary alicyclic amines) is 1. The Balaban J connectivity index is 2.81. The molecular formula is C20H37N3O4. The van der Waals surface area contributed by atoms with Crippen molar-refractivity contribution in [2.75, 3.05) is 26.2 Å². The monoisotopic (exact) mass is 383 g/mol. The van der Waals surface area contributed by atoms with Crippen molar-refractivity contribution in [2.45, 2.75) is 84.9 Å². The topological polar surface area (TPSA) is 79.0 Å². The summed E-state index contributed by atoms with van der Waals surface area (Å²) in [5.74, 6) is -0.447. The number of carbonyl (C=O) groups is 3. The van der Waals surface area contributed by atoms with Gasteiger partial charge in [-0.15, -0.1) is 0 Å². The maximum atomic E-state index is 12.9. The number of ether oxygens (including phenoxy) is 1. The molecule has 0 aromatic heterocycles. The fourth-order valence-electron chi connectivity index (χ4n) is 3.34. The first-order valence-corrected chi connectivity index (χ1v) is 10.1. The van der Waals surface area contributed by atoms with Crippen LogP contribution >= 0.6 is 0 Å². The normalized spacial score (nSPS) is 18.9. The van der Waals surface area contributed by atoms with Crippen LogP contribution in [-0.2, 0) is 19.1 Å². The first kappa shape index (κ1) is 23.4. The number of carbonyl (C=O) groups excluding carboxylic acids is 3. The molecule has 1 aliphatic rings. The zero-order valence-electron chi connectivity index (χ0n) is 17.8. The summed E-state index contributed by atoms with van der Waals surface area (Å²) in [7, 11) is 0. The molecule has 0 saturated carbocycles. The molecule has 0 spiro atoms. The lowest BCUT2D eigenvalue weighted by Gasteiger charge is -2.37. The van der Waals surface area contributed by atoms with Crippen molar-refractivity contribution in [2.24, 2.45) is 0 Å². The third kappa shape index (κ3) is 8.28. The van der Waals surface area contributed by atoms with Crippen molar-refractivity contribution in [3.63, 3.8) is 0 Å². The molecule has 7 heteroatoms. The van der Waals surface area contributed by atoms with Gasteiger partial charge in [0.2, 0.25) is 11.8 Å². The molecule has 2 atom stereocenters. The number of hydrogen-bond acceptors (Lipinski definition) is 5. The minimum atomic E-state index is -0.584. The molecule has 0 radical (unpaired) electrons. The quantitative estimate of drug-likeness (QED) is 0.648. The Hall–Kier alpha value is -1.63. The highest BCUT2D eigenvalue weighted by Gasteiger charge is 2.31. The zero-order valence-corrected chi connectivity index (χ0v) is 17.8. The lowest BCUT2D eigenvalue weighted by atomic mass is 10.00. The summed E-state index contributed by atoms with van der Waals surface area (Å²) in [5, 5.41) is 2.73. The molecular weight excluding hydrogens is 346 g/mol. The molecule has 0 aromatic carbocycles. The SMILES string of the molecule is CC[C@H]1CCCCN1C(=O)CN(CCNC(C)=O)[C@@H](C)C(=O)OC(C)(C)C. The van der Waals surface area contributed by atoms with Gasteiger partial charge >= 0.3 is 5.97 Å². The molecule has 2 amide bonds. The van der Waals surface area contributed by atoms with Crippen LogP contribution in [0, 0.1) is 0 Å². The summed E-state index contributed by atoms with van der Waals surface area (Å²) in [4.78, 5) is 40.4. The van der Waals surface area contributed by atoms with E-state index in [1.165, 1.54) is 6.92 Å². The largest absolute Gasteiger partial charge is 0.459 e. The Bertz CT molecular complexity index is 516. The van der Waals surface area contributed by atoms with Gasteiger partial charge in [-0.2, -0.15) is 0 Å². The first-order valence-electron chi connectivity index (χ1n) is 10.1. The van der Waals surface area contributed by atoms with Gasteiger partial charge in [-0.1, -0.05) is 6.92 Å². The average molecular weight is 384 g/mol. The van der Waals surface area contributed by atoms with Gasteiger partial charge < -0.3 is 15.0 Å². The number of nitrogens with one attached hydrogen (secondary N) is 1. The van der Waals surface area contributed by atoms with Gasteiger partial charge in [-0.3, -0.25) is 19.3 Å². The first-order chi connectivity index (χ1) is 12.5. The summed E-state index contributed by atoms with van der Waals surface area (Å²) in [6.07, 6.45) is 4.16. The molecule has 7 nitrogen and oxygen atoms in total. The number of nitrogens with zero attached hydrogens (tertiary/aromatic N) is 2. The summed E-state index contributed by atoms with van der Waals surface area (Å²) in [5.41, 5.74) is -0.584. The third-order valence-electron chi connectivity index (χ3n) is 4.83. The van der Waals surface area contributed by atoms with E-state index in [0.717, 1.165) is 32.2 Å². The maximum absolute atomic E-state index is 12.9. The molecule has 1 aliphatic heterocycles. The minimum Gasteiger partial charge on any atom is -0.459 e. The van der Waals surface area contributed by atoms with Gasteiger partial charge in [0.05, 0.1) is 6.54 Å². The second kappa shape index (κ2) is 10.6. The van der Waals surface area contributed by atoms with Gasteiger partial charge in [-0.25, -0.2) is 0 Å². The Morgan fingerprint density at radius 3 is 2.48 bits per heavy atom. The van der Waals surface area contributed by atoms with Crippen LogP contribution in [0.1, 0.15) is 67.2 Å². The van der Waals surface area contributed by atoms with Gasteiger partial charge in [0.15, 0.2) is 0 Å². The molecule has 1 heterocycles. The van der Waals surface area contributed by atoms with Crippen LogP contribution in [0.15, 0.2) is 0 Å². The van der Waals surface area contributed by atoms with E-state index in [0.29, 0.717) is 13.1 Å². The second-order valence-corrected chi connectivity index (χ2v) is 8.31. The second-order valence-electron chi connectivity index (χ2n) is 8.31. The van der Waals surface area contributed by atoms with Crippen LogP contribution in [0.5, 0.6) is 0 Å². The average Bonchev–Trinajstić information content (AvgIpc) is 2.58. The Kier molecular flexibility index (Phi) is 9.22. The molecule has 0 bridgehead atoms.